The van der Waals surface area contributed by atoms with Gasteiger partial charge in [-0.2, -0.15) is 0 Å². The van der Waals surface area contributed by atoms with Gasteiger partial charge in [0.25, 0.3) is 0 Å². The fourth-order valence-corrected chi connectivity index (χ4v) is 4.86. The Balaban J connectivity index is 1.38. The Morgan fingerprint density at radius 1 is 0.935 bits per heavy atom. The molecular weight excluding hydrogens is 382 g/mol. The first-order valence-electron chi connectivity index (χ1n) is 11.4. The molecule has 1 aromatic heterocycles. The molecule has 1 aliphatic rings. The molecule has 0 atom stereocenters. The van der Waals surface area contributed by atoms with E-state index in [4.69, 9.17) is 4.74 Å². The third-order valence-corrected chi connectivity index (χ3v) is 6.69. The van der Waals surface area contributed by atoms with Gasteiger partial charge in [-0.3, -0.25) is 4.90 Å². The molecule has 3 aromatic rings. The number of rotatable bonds is 8. The number of piperidine rings is 1. The first-order valence-corrected chi connectivity index (χ1v) is 11.4. The maximum atomic E-state index is 5.69. The molecule has 1 aliphatic heterocycles. The van der Waals surface area contributed by atoms with Gasteiger partial charge < -0.3 is 9.30 Å². The van der Waals surface area contributed by atoms with Crippen molar-refractivity contribution in [3.8, 4) is 0 Å². The van der Waals surface area contributed by atoms with E-state index in [1.165, 1.54) is 40.8 Å². The van der Waals surface area contributed by atoms with Crippen molar-refractivity contribution in [2.45, 2.75) is 46.2 Å². The number of ether oxygens (including phenoxy) is 1. The molecule has 2 heterocycles. The number of nitrogens with zero attached hydrogens (tertiary/aromatic N) is 3. The number of benzene rings is 2. The monoisotopic (exact) mass is 417 g/mol. The van der Waals surface area contributed by atoms with Crippen molar-refractivity contribution in [1.82, 2.24) is 14.5 Å². The highest BCUT2D eigenvalue weighted by molar-refractivity contribution is 5.24. The van der Waals surface area contributed by atoms with Gasteiger partial charge >= 0.3 is 0 Å². The van der Waals surface area contributed by atoms with Crippen molar-refractivity contribution in [2.24, 2.45) is 5.41 Å². The summed E-state index contributed by atoms with van der Waals surface area (Å²) in [6, 6.07) is 17.7. The number of methoxy groups -OCH3 is 1. The summed E-state index contributed by atoms with van der Waals surface area (Å²) in [4.78, 5) is 7.02. The van der Waals surface area contributed by atoms with Crippen LogP contribution >= 0.6 is 0 Å². The van der Waals surface area contributed by atoms with E-state index in [1.54, 1.807) is 0 Å². The molecule has 1 saturated heterocycles. The Bertz CT molecular complexity index is 968. The van der Waals surface area contributed by atoms with Crippen LogP contribution in [-0.4, -0.2) is 41.3 Å². The minimum atomic E-state index is 0.237. The lowest BCUT2D eigenvalue weighted by atomic mass is 9.74. The topological polar surface area (TPSA) is 30.3 Å². The molecule has 2 aromatic carbocycles. The van der Waals surface area contributed by atoms with Crippen molar-refractivity contribution in [3.05, 3.63) is 89.0 Å². The minimum Gasteiger partial charge on any atom is -0.384 e. The number of aromatic nitrogens is 2. The summed E-state index contributed by atoms with van der Waals surface area (Å²) in [6.07, 6.45) is 7.42. The summed E-state index contributed by atoms with van der Waals surface area (Å²) >= 11 is 0. The smallest absolute Gasteiger partial charge is 0.0951 e. The van der Waals surface area contributed by atoms with E-state index in [0.717, 1.165) is 39.2 Å². The summed E-state index contributed by atoms with van der Waals surface area (Å²) in [7, 11) is 1.84. The first kappa shape index (κ1) is 21.8. The molecule has 0 N–H and O–H groups in total. The number of imidazole rings is 1. The van der Waals surface area contributed by atoms with Gasteiger partial charge in [-0.1, -0.05) is 59.7 Å². The van der Waals surface area contributed by atoms with Gasteiger partial charge in [-0.25, -0.2) is 4.98 Å². The van der Waals surface area contributed by atoms with Gasteiger partial charge in [0.15, 0.2) is 0 Å². The van der Waals surface area contributed by atoms with Gasteiger partial charge in [-0.05, 0) is 57.3 Å². The second kappa shape index (κ2) is 9.80. The summed E-state index contributed by atoms with van der Waals surface area (Å²) in [6.45, 7) is 9.18. The Kier molecular flexibility index (Phi) is 6.89. The first-order chi connectivity index (χ1) is 15.0. The zero-order valence-electron chi connectivity index (χ0n) is 19.2. The van der Waals surface area contributed by atoms with Gasteiger partial charge in [0.2, 0.25) is 0 Å². The Morgan fingerprint density at radius 2 is 1.71 bits per heavy atom. The third-order valence-electron chi connectivity index (χ3n) is 6.69. The molecule has 4 nitrogen and oxygen atoms in total. The van der Waals surface area contributed by atoms with Crippen molar-refractivity contribution < 1.29 is 4.74 Å². The molecule has 0 unspecified atom stereocenters. The van der Waals surface area contributed by atoms with Crippen molar-refractivity contribution in [2.75, 3.05) is 26.8 Å². The fourth-order valence-electron chi connectivity index (χ4n) is 4.86. The molecule has 31 heavy (non-hydrogen) atoms. The van der Waals surface area contributed by atoms with E-state index in [9.17, 15) is 0 Å². The van der Waals surface area contributed by atoms with Crippen LogP contribution in [0, 0.1) is 19.3 Å². The zero-order chi connectivity index (χ0) is 21.7. The average molecular weight is 418 g/mol. The van der Waals surface area contributed by atoms with Crippen LogP contribution in [0.15, 0.2) is 61.1 Å². The van der Waals surface area contributed by atoms with Gasteiger partial charge in [0, 0.05) is 31.8 Å². The van der Waals surface area contributed by atoms with Crippen LogP contribution < -0.4 is 0 Å². The standard InChI is InChI=1S/C27H35N3O/c1-22-7-9-24(10-8-22)18-30-21-28-17-26(30)19-29-13-11-27(12-14-29,20-31-3)16-25-6-4-5-23(2)15-25/h4-10,15,17,21H,11-14,16,18-20H2,1-3H3. The van der Waals surface area contributed by atoms with Crippen LogP contribution in [0.5, 0.6) is 0 Å². The second-order valence-electron chi connectivity index (χ2n) is 9.37. The van der Waals surface area contributed by atoms with Gasteiger partial charge in [0.05, 0.1) is 18.6 Å². The van der Waals surface area contributed by atoms with E-state index in [-0.39, 0.29) is 5.41 Å². The Labute approximate surface area is 186 Å². The van der Waals surface area contributed by atoms with Gasteiger partial charge in [-0.15, -0.1) is 0 Å². The number of hydrogen-bond donors (Lipinski definition) is 0. The lowest BCUT2D eigenvalue weighted by Gasteiger charge is -2.41. The van der Waals surface area contributed by atoms with Crippen LogP contribution in [0.3, 0.4) is 0 Å². The normalized spacial score (nSPS) is 16.5. The SMILES string of the molecule is COCC1(Cc2cccc(C)c2)CCN(Cc2cncn2Cc2ccc(C)cc2)CC1. The molecule has 0 spiro atoms. The predicted molar refractivity (Wildman–Crippen MR) is 126 cm³/mol. The molecule has 0 amide bonds. The molecular formula is C27H35N3O. The fraction of sp³-hybridized carbons (Fsp3) is 0.444. The highest BCUT2D eigenvalue weighted by atomic mass is 16.5. The van der Waals surface area contributed by atoms with Crippen molar-refractivity contribution >= 4 is 0 Å². The minimum absolute atomic E-state index is 0.237. The molecule has 0 radical (unpaired) electrons. The van der Waals surface area contributed by atoms with Crippen molar-refractivity contribution in [3.63, 3.8) is 0 Å². The number of likely N-dealkylation sites (tertiary alicyclic amines) is 1. The molecule has 0 aliphatic carbocycles. The molecule has 164 valence electrons. The van der Waals surface area contributed by atoms with Crippen LogP contribution in [0.1, 0.15) is 40.8 Å². The lowest BCUT2D eigenvalue weighted by Crippen LogP contribution is -2.43. The van der Waals surface area contributed by atoms with Crippen LogP contribution in [-0.2, 0) is 24.2 Å². The summed E-state index contributed by atoms with van der Waals surface area (Å²) < 4.78 is 7.98. The second-order valence-corrected chi connectivity index (χ2v) is 9.37. The van der Waals surface area contributed by atoms with Crippen LogP contribution in [0.2, 0.25) is 0 Å². The van der Waals surface area contributed by atoms with E-state index in [2.05, 4.69) is 76.8 Å². The van der Waals surface area contributed by atoms with E-state index >= 15 is 0 Å². The predicted octanol–water partition coefficient (Wildman–Crippen LogP) is 5.02. The highest BCUT2D eigenvalue weighted by Crippen LogP contribution is 2.36. The molecule has 0 bridgehead atoms. The third kappa shape index (κ3) is 5.63. The molecule has 4 rings (SSSR count). The van der Waals surface area contributed by atoms with Gasteiger partial charge in [0.1, 0.15) is 0 Å². The average Bonchev–Trinajstić information content (AvgIpc) is 3.18. The molecule has 4 heteroatoms. The molecule has 0 saturated carbocycles. The van der Waals surface area contributed by atoms with Crippen molar-refractivity contribution in [1.29, 1.82) is 0 Å². The molecule has 1 fully saturated rings. The Morgan fingerprint density at radius 3 is 2.42 bits per heavy atom. The summed E-state index contributed by atoms with van der Waals surface area (Å²) in [5.74, 6) is 0. The quantitative estimate of drug-likeness (QED) is 0.516. The van der Waals surface area contributed by atoms with Crippen LogP contribution in [0.4, 0.5) is 0 Å². The summed E-state index contributed by atoms with van der Waals surface area (Å²) in [5.41, 5.74) is 6.92. The van der Waals surface area contributed by atoms with E-state index in [0.29, 0.717) is 0 Å². The zero-order valence-corrected chi connectivity index (χ0v) is 19.2. The van der Waals surface area contributed by atoms with Crippen LogP contribution in [0.25, 0.3) is 0 Å². The summed E-state index contributed by atoms with van der Waals surface area (Å²) in [5, 5.41) is 0. The maximum absolute atomic E-state index is 5.69. The maximum Gasteiger partial charge on any atom is 0.0951 e. The lowest BCUT2D eigenvalue weighted by molar-refractivity contribution is 0.0189. The number of hydrogen-bond acceptors (Lipinski definition) is 3. The highest BCUT2D eigenvalue weighted by Gasteiger charge is 2.35. The Hall–Kier alpha value is -2.43. The largest absolute Gasteiger partial charge is 0.384 e. The van der Waals surface area contributed by atoms with E-state index < -0.39 is 0 Å². The van der Waals surface area contributed by atoms with E-state index in [1.807, 2.05) is 19.6 Å². The number of aryl methyl sites for hydroxylation is 2.